The lowest BCUT2D eigenvalue weighted by Crippen LogP contribution is -2.51. The molecule has 9 nitrogen and oxygen atoms in total. The molecular weight excluding hydrogens is 620 g/mol. The standard InChI is InChI=1S/C40H40N2O7/c43-36(21-18-29-10-4-1-5-11-29)42-35(26-30-12-6-2-7-13-30)37(49-40(42)46)38(44)41-24-22-33(23-25-41)39(45)48-28-32-16-19-34(20-17-32)47-27-31-14-8-3-9-15-31/h1-17,19-20,33,35,37H,18,21-28H2/t35-,37+/m0/s1. The maximum absolute atomic E-state index is 13.8. The topological polar surface area (TPSA) is 102 Å². The van der Waals surface area contributed by atoms with E-state index in [1.165, 1.54) is 0 Å². The number of ether oxygens (including phenoxy) is 3. The quantitative estimate of drug-likeness (QED) is 0.168. The van der Waals surface area contributed by atoms with Crippen LogP contribution in [-0.2, 0) is 49.9 Å². The third-order valence-electron chi connectivity index (χ3n) is 9.07. The Kier molecular flexibility index (Phi) is 11.0. The number of aryl methyl sites for hydroxylation is 1. The molecule has 0 aliphatic carbocycles. The van der Waals surface area contributed by atoms with Gasteiger partial charge in [-0.2, -0.15) is 0 Å². The van der Waals surface area contributed by atoms with Crippen molar-refractivity contribution in [3.05, 3.63) is 138 Å². The van der Waals surface area contributed by atoms with Crippen LogP contribution in [0.25, 0.3) is 0 Å². The predicted octanol–water partition coefficient (Wildman–Crippen LogP) is 6.14. The minimum absolute atomic E-state index is 0.116. The van der Waals surface area contributed by atoms with Crippen molar-refractivity contribution in [1.29, 1.82) is 0 Å². The number of nitrogens with zero attached hydrogens (tertiary/aromatic N) is 2. The SMILES string of the molecule is O=C(OCc1ccc(OCc2ccccc2)cc1)C1CCN(C(=O)[C@@H]2OC(=O)N(C(=O)CCc3ccccc3)[C@H]2Cc2ccccc2)CC1. The molecule has 0 radical (unpaired) electrons. The van der Waals surface area contributed by atoms with E-state index in [1.54, 1.807) is 4.90 Å². The zero-order valence-corrected chi connectivity index (χ0v) is 27.3. The summed E-state index contributed by atoms with van der Waals surface area (Å²) in [5.41, 5.74) is 3.80. The van der Waals surface area contributed by atoms with Crippen LogP contribution in [0.4, 0.5) is 4.79 Å². The second-order valence-electron chi connectivity index (χ2n) is 12.4. The fourth-order valence-electron chi connectivity index (χ4n) is 6.30. The van der Waals surface area contributed by atoms with Crippen LogP contribution in [0.1, 0.15) is 41.5 Å². The number of carbonyl (C=O) groups excluding carboxylic acids is 4. The van der Waals surface area contributed by atoms with Gasteiger partial charge in [0.15, 0.2) is 0 Å². The molecule has 0 spiro atoms. The Balaban J connectivity index is 1.01. The van der Waals surface area contributed by atoms with Gasteiger partial charge in [0.2, 0.25) is 12.0 Å². The van der Waals surface area contributed by atoms with Gasteiger partial charge in [-0.15, -0.1) is 0 Å². The molecule has 252 valence electrons. The van der Waals surface area contributed by atoms with Gasteiger partial charge >= 0.3 is 12.1 Å². The average molecular weight is 661 g/mol. The molecule has 49 heavy (non-hydrogen) atoms. The first-order valence-corrected chi connectivity index (χ1v) is 16.8. The van der Waals surface area contributed by atoms with Gasteiger partial charge in [0.25, 0.3) is 5.91 Å². The van der Waals surface area contributed by atoms with E-state index in [0.717, 1.165) is 32.9 Å². The first kappa shape index (κ1) is 33.5. The van der Waals surface area contributed by atoms with Gasteiger partial charge in [-0.25, -0.2) is 9.69 Å². The fraction of sp³-hybridized carbons (Fsp3) is 0.300. The molecule has 2 aliphatic rings. The van der Waals surface area contributed by atoms with Crippen LogP contribution in [0.5, 0.6) is 5.75 Å². The van der Waals surface area contributed by atoms with Gasteiger partial charge in [0.1, 0.15) is 19.0 Å². The van der Waals surface area contributed by atoms with Crippen molar-refractivity contribution >= 4 is 23.9 Å². The zero-order valence-electron chi connectivity index (χ0n) is 27.3. The van der Waals surface area contributed by atoms with Crippen LogP contribution >= 0.6 is 0 Å². The highest BCUT2D eigenvalue weighted by atomic mass is 16.6. The van der Waals surface area contributed by atoms with E-state index in [0.29, 0.717) is 45.4 Å². The number of cyclic esters (lactones) is 1. The lowest BCUT2D eigenvalue weighted by Gasteiger charge is -2.33. The Bertz CT molecular complexity index is 1710. The Labute approximate surface area is 286 Å². The molecule has 0 N–H and O–H groups in total. The highest BCUT2D eigenvalue weighted by Gasteiger charge is 2.50. The van der Waals surface area contributed by atoms with Crippen LogP contribution < -0.4 is 4.74 Å². The third kappa shape index (κ3) is 8.73. The van der Waals surface area contributed by atoms with E-state index >= 15 is 0 Å². The predicted molar refractivity (Wildman–Crippen MR) is 182 cm³/mol. The molecule has 0 unspecified atom stereocenters. The number of hydrogen-bond donors (Lipinski definition) is 0. The first-order valence-electron chi connectivity index (χ1n) is 16.8. The third-order valence-corrected chi connectivity index (χ3v) is 9.07. The Morgan fingerprint density at radius 3 is 1.90 bits per heavy atom. The number of likely N-dealkylation sites (tertiary alicyclic amines) is 1. The summed E-state index contributed by atoms with van der Waals surface area (Å²) in [5.74, 6) is -0.648. The maximum Gasteiger partial charge on any atom is 0.417 e. The highest BCUT2D eigenvalue weighted by Crippen LogP contribution is 2.28. The fourth-order valence-corrected chi connectivity index (χ4v) is 6.30. The van der Waals surface area contributed by atoms with E-state index in [-0.39, 0.29) is 36.7 Å². The second-order valence-corrected chi connectivity index (χ2v) is 12.4. The smallest absolute Gasteiger partial charge is 0.417 e. The number of rotatable bonds is 12. The monoisotopic (exact) mass is 660 g/mol. The molecular formula is C40H40N2O7. The minimum Gasteiger partial charge on any atom is -0.489 e. The molecule has 4 aromatic carbocycles. The molecule has 2 aliphatic heterocycles. The molecule has 0 bridgehead atoms. The lowest BCUT2D eigenvalue weighted by atomic mass is 9.95. The summed E-state index contributed by atoms with van der Waals surface area (Å²) >= 11 is 0. The molecule has 0 aromatic heterocycles. The molecule has 2 fully saturated rings. The zero-order chi connectivity index (χ0) is 34.0. The molecule has 0 saturated carbocycles. The summed E-state index contributed by atoms with van der Waals surface area (Å²) < 4.78 is 17.1. The van der Waals surface area contributed by atoms with Gasteiger partial charge in [0, 0.05) is 19.5 Å². The summed E-state index contributed by atoms with van der Waals surface area (Å²) in [7, 11) is 0. The van der Waals surface area contributed by atoms with Crippen molar-refractivity contribution < 1.29 is 33.4 Å². The van der Waals surface area contributed by atoms with Crippen LogP contribution in [-0.4, -0.2) is 58.9 Å². The van der Waals surface area contributed by atoms with Gasteiger partial charge in [-0.3, -0.25) is 14.4 Å². The van der Waals surface area contributed by atoms with E-state index < -0.39 is 18.2 Å². The van der Waals surface area contributed by atoms with Gasteiger partial charge in [-0.1, -0.05) is 103 Å². The van der Waals surface area contributed by atoms with Crippen molar-refractivity contribution in [2.75, 3.05) is 13.1 Å². The van der Waals surface area contributed by atoms with Crippen molar-refractivity contribution in [3.63, 3.8) is 0 Å². The van der Waals surface area contributed by atoms with Crippen LogP contribution in [0, 0.1) is 5.92 Å². The van der Waals surface area contributed by atoms with Crippen molar-refractivity contribution in [1.82, 2.24) is 9.80 Å². The van der Waals surface area contributed by atoms with Crippen LogP contribution in [0.2, 0.25) is 0 Å². The molecule has 3 amide bonds. The minimum atomic E-state index is -1.13. The number of esters is 1. The van der Waals surface area contributed by atoms with E-state index in [4.69, 9.17) is 14.2 Å². The van der Waals surface area contributed by atoms with Gasteiger partial charge < -0.3 is 19.1 Å². The summed E-state index contributed by atoms with van der Waals surface area (Å²) in [4.78, 5) is 56.0. The normalized spacial score (nSPS) is 17.8. The average Bonchev–Trinajstić information content (AvgIpc) is 3.48. The van der Waals surface area contributed by atoms with Crippen molar-refractivity contribution in [3.8, 4) is 5.75 Å². The summed E-state index contributed by atoms with van der Waals surface area (Å²) in [6.45, 7) is 1.25. The summed E-state index contributed by atoms with van der Waals surface area (Å²) in [6, 6.07) is 35.6. The summed E-state index contributed by atoms with van der Waals surface area (Å²) in [5, 5.41) is 0. The van der Waals surface area contributed by atoms with Crippen LogP contribution in [0.3, 0.4) is 0 Å². The largest absolute Gasteiger partial charge is 0.489 e. The van der Waals surface area contributed by atoms with E-state index in [2.05, 4.69) is 0 Å². The van der Waals surface area contributed by atoms with Crippen molar-refractivity contribution in [2.24, 2.45) is 5.92 Å². The molecule has 2 atom stereocenters. The molecule has 2 heterocycles. The molecule has 4 aromatic rings. The number of amides is 3. The highest BCUT2D eigenvalue weighted by molar-refractivity contribution is 5.97. The Morgan fingerprint density at radius 2 is 1.27 bits per heavy atom. The first-order chi connectivity index (χ1) is 23.9. The van der Waals surface area contributed by atoms with Gasteiger partial charge in [-0.05, 0) is 60.1 Å². The molecule has 9 heteroatoms. The van der Waals surface area contributed by atoms with Gasteiger partial charge in [0.05, 0.1) is 12.0 Å². The number of imide groups is 1. The number of benzene rings is 4. The van der Waals surface area contributed by atoms with Crippen LogP contribution in [0.15, 0.2) is 115 Å². The lowest BCUT2D eigenvalue weighted by molar-refractivity contribution is -0.154. The number of carbonyl (C=O) groups is 4. The number of piperidine rings is 1. The van der Waals surface area contributed by atoms with E-state index in [9.17, 15) is 19.2 Å². The molecule has 6 rings (SSSR count). The summed E-state index contributed by atoms with van der Waals surface area (Å²) in [6.07, 6.45) is -0.184. The van der Waals surface area contributed by atoms with E-state index in [1.807, 2.05) is 115 Å². The molecule has 2 saturated heterocycles. The maximum atomic E-state index is 13.8. The number of hydrogen-bond acceptors (Lipinski definition) is 7. The Hall–Kier alpha value is -5.44. The Morgan fingerprint density at radius 1 is 0.694 bits per heavy atom. The second kappa shape index (κ2) is 16.1. The van der Waals surface area contributed by atoms with Crippen molar-refractivity contribution in [2.45, 2.75) is 57.5 Å².